The standard InChI is InChI=1S/C18H23FN2O2/c1-2-18(12-22)5-7-21(8-6-18)17(23)9-13-11-20-16-10-14(19)3-4-15(13)16/h3-4,10-11,20,22H,2,5-9,12H2,1H3. The lowest BCUT2D eigenvalue weighted by Gasteiger charge is -2.40. The Hall–Kier alpha value is -1.88. The molecule has 1 aromatic heterocycles. The monoisotopic (exact) mass is 318 g/mol. The van der Waals surface area contributed by atoms with Crippen LogP contribution in [-0.2, 0) is 11.2 Å². The van der Waals surface area contributed by atoms with Crippen molar-refractivity contribution in [3.05, 3.63) is 35.8 Å². The van der Waals surface area contributed by atoms with E-state index in [4.69, 9.17) is 0 Å². The molecule has 0 unspecified atom stereocenters. The lowest BCUT2D eigenvalue weighted by Crippen LogP contribution is -2.44. The fourth-order valence-corrected chi connectivity index (χ4v) is 3.43. The average Bonchev–Trinajstić information content (AvgIpc) is 2.96. The van der Waals surface area contributed by atoms with E-state index in [2.05, 4.69) is 11.9 Å². The summed E-state index contributed by atoms with van der Waals surface area (Å²) in [5.41, 5.74) is 1.60. The first-order valence-electron chi connectivity index (χ1n) is 8.21. The van der Waals surface area contributed by atoms with E-state index in [9.17, 15) is 14.3 Å². The number of piperidine rings is 1. The first-order chi connectivity index (χ1) is 11.1. The lowest BCUT2D eigenvalue weighted by molar-refractivity contribution is -0.133. The molecule has 2 N–H and O–H groups in total. The minimum atomic E-state index is -0.284. The van der Waals surface area contributed by atoms with E-state index in [-0.39, 0.29) is 23.7 Å². The number of nitrogens with one attached hydrogen (secondary N) is 1. The van der Waals surface area contributed by atoms with Gasteiger partial charge in [-0.25, -0.2) is 4.39 Å². The Balaban J connectivity index is 1.67. The second-order valence-corrected chi connectivity index (χ2v) is 6.57. The van der Waals surface area contributed by atoms with Crippen molar-refractivity contribution >= 4 is 16.8 Å². The van der Waals surface area contributed by atoms with Gasteiger partial charge in [0.1, 0.15) is 5.82 Å². The van der Waals surface area contributed by atoms with Gasteiger partial charge in [0.05, 0.1) is 6.42 Å². The molecule has 0 aliphatic carbocycles. The second-order valence-electron chi connectivity index (χ2n) is 6.57. The van der Waals surface area contributed by atoms with E-state index in [0.29, 0.717) is 19.5 Å². The highest BCUT2D eigenvalue weighted by atomic mass is 19.1. The zero-order chi connectivity index (χ0) is 16.4. The Kier molecular flexibility index (Phi) is 4.39. The number of aliphatic hydroxyl groups is 1. The van der Waals surface area contributed by atoms with E-state index in [1.165, 1.54) is 12.1 Å². The number of hydrogen-bond acceptors (Lipinski definition) is 2. The third-order valence-corrected chi connectivity index (χ3v) is 5.33. The summed E-state index contributed by atoms with van der Waals surface area (Å²) in [5.74, 6) is -0.189. The summed E-state index contributed by atoms with van der Waals surface area (Å²) < 4.78 is 13.2. The van der Waals surface area contributed by atoms with E-state index in [1.807, 2.05) is 4.90 Å². The molecule has 0 atom stereocenters. The van der Waals surface area contributed by atoms with E-state index < -0.39 is 0 Å². The molecule has 5 heteroatoms. The van der Waals surface area contributed by atoms with Crippen molar-refractivity contribution in [1.29, 1.82) is 0 Å². The Morgan fingerprint density at radius 1 is 1.39 bits per heavy atom. The van der Waals surface area contributed by atoms with Crippen molar-refractivity contribution < 1.29 is 14.3 Å². The number of benzene rings is 1. The highest BCUT2D eigenvalue weighted by molar-refractivity contribution is 5.89. The minimum Gasteiger partial charge on any atom is -0.396 e. The van der Waals surface area contributed by atoms with Crippen molar-refractivity contribution in [1.82, 2.24) is 9.88 Å². The summed E-state index contributed by atoms with van der Waals surface area (Å²) in [6.07, 6.45) is 4.76. The Labute approximate surface area is 135 Å². The molecule has 2 aromatic rings. The molecule has 0 spiro atoms. The second kappa shape index (κ2) is 6.32. The molecule has 1 amide bonds. The lowest BCUT2D eigenvalue weighted by atomic mass is 9.77. The maximum atomic E-state index is 13.2. The maximum absolute atomic E-state index is 13.2. The van der Waals surface area contributed by atoms with Crippen LogP contribution in [0, 0.1) is 11.2 Å². The molecule has 1 aliphatic rings. The molecule has 4 nitrogen and oxygen atoms in total. The fourth-order valence-electron chi connectivity index (χ4n) is 3.43. The van der Waals surface area contributed by atoms with E-state index in [0.717, 1.165) is 35.7 Å². The van der Waals surface area contributed by atoms with Crippen molar-refractivity contribution in [2.75, 3.05) is 19.7 Å². The van der Waals surface area contributed by atoms with Crippen LogP contribution < -0.4 is 0 Å². The summed E-state index contributed by atoms with van der Waals surface area (Å²) in [7, 11) is 0. The summed E-state index contributed by atoms with van der Waals surface area (Å²) in [4.78, 5) is 17.4. The topological polar surface area (TPSA) is 56.3 Å². The number of carbonyl (C=O) groups excluding carboxylic acids is 1. The number of halogens is 1. The quantitative estimate of drug-likeness (QED) is 0.911. The van der Waals surface area contributed by atoms with Gasteiger partial charge < -0.3 is 15.0 Å². The van der Waals surface area contributed by atoms with Gasteiger partial charge in [-0.2, -0.15) is 0 Å². The minimum absolute atomic E-state index is 0.0188. The van der Waals surface area contributed by atoms with E-state index in [1.54, 1.807) is 12.3 Å². The van der Waals surface area contributed by atoms with Gasteiger partial charge in [-0.1, -0.05) is 6.92 Å². The summed E-state index contributed by atoms with van der Waals surface area (Å²) in [5, 5.41) is 10.5. The van der Waals surface area contributed by atoms with Crippen molar-refractivity contribution in [3.63, 3.8) is 0 Å². The van der Waals surface area contributed by atoms with Crippen LogP contribution in [0.25, 0.3) is 10.9 Å². The number of aromatic amines is 1. The molecular formula is C18H23FN2O2. The van der Waals surface area contributed by atoms with Crippen LogP contribution in [0.2, 0.25) is 0 Å². The summed E-state index contributed by atoms with van der Waals surface area (Å²) in [6.45, 7) is 3.69. The van der Waals surface area contributed by atoms with Gasteiger partial charge in [0, 0.05) is 36.8 Å². The van der Waals surface area contributed by atoms with E-state index >= 15 is 0 Å². The number of rotatable bonds is 4. The van der Waals surface area contributed by atoms with Crippen LogP contribution in [0.15, 0.2) is 24.4 Å². The molecule has 0 bridgehead atoms. The van der Waals surface area contributed by atoms with Gasteiger partial charge in [0.25, 0.3) is 0 Å². The molecule has 23 heavy (non-hydrogen) atoms. The summed E-state index contributed by atoms with van der Waals surface area (Å²) >= 11 is 0. The SMILES string of the molecule is CCC1(CO)CCN(C(=O)Cc2c[nH]c3cc(F)ccc23)CC1. The Morgan fingerprint density at radius 3 is 2.78 bits per heavy atom. The van der Waals surface area contributed by atoms with Crippen molar-refractivity contribution in [3.8, 4) is 0 Å². The predicted octanol–water partition coefficient (Wildman–Crippen LogP) is 2.86. The Bertz CT molecular complexity index is 696. The molecule has 0 radical (unpaired) electrons. The Morgan fingerprint density at radius 2 is 2.13 bits per heavy atom. The first kappa shape index (κ1) is 16.0. The molecule has 3 rings (SSSR count). The molecular weight excluding hydrogens is 295 g/mol. The van der Waals surface area contributed by atoms with Crippen LogP contribution in [0.3, 0.4) is 0 Å². The van der Waals surface area contributed by atoms with Gasteiger partial charge in [0.15, 0.2) is 0 Å². The van der Waals surface area contributed by atoms with Gasteiger partial charge >= 0.3 is 0 Å². The number of aromatic nitrogens is 1. The molecule has 1 aliphatic heterocycles. The number of aliphatic hydroxyl groups excluding tert-OH is 1. The highest BCUT2D eigenvalue weighted by Crippen LogP contribution is 2.34. The molecule has 1 saturated heterocycles. The first-order valence-corrected chi connectivity index (χ1v) is 8.21. The largest absolute Gasteiger partial charge is 0.396 e. The number of hydrogen-bond donors (Lipinski definition) is 2. The molecule has 1 aromatic carbocycles. The third kappa shape index (κ3) is 3.11. The number of amides is 1. The smallest absolute Gasteiger partial charge is 0.227 e. The van der Waals surface area contributed by atoms with Crippen molar-refractivity contribution in [2.24, 2.45) is 5.41 Å². The molecule has 1 fully saturated rings. The normalized spacial score (nSPS) is 17.6. The number of fused-ring (bicyclic) bond motifs is 1. The number of likely N-dealkylation sites (tertiary alicyclic amines) is 1. The molecule has 2 heterocycles. The fraction of sp³-hybridized carbons (Fsp3) is 0.500. The zero-order valence-electron chi connectivity index (χ0n) is 13.4. The van der Waals surface area contributed by atoms with Crippen LogP contribution in [-0.4, -0.2) is 40.6 Å². The van der Waals surface area contributed by atoms with Gasteiger partial charge in [-0.05, 0) is 48.4 Å². The summed E-state index contributed by atoms with van der Waals surface area (Å²) in [6, 6.07) is 4.58. The highest BCUT2D eigenvalue weighted by Gasteiger charge is 2.33. The maximum Gasteiger partial charge on any atom is 0.227 e. The van der Waals surface area contributed by atoms with Gasteiger partial charge in [-0.15, -0.1) is 0 Å². The van der Waals surface area contributed by atoms with Gasteiger partial charge in [0.2, 0.25) is 5.91 Å². The number of carbonyl (C=O) groups is 1. The van der Waals surface area contributed by atoms with Crippen molar-refractivity contribution in [2.45, 2.75) is 32.6 Å². The van der Waals surface area contributed by atoms with Crippen LogP contribution in [0.1, 0.15) is 31.7 Å². The number of H-pyrrole nitrogens is 1. The third-order valence-electron chi connectivity index (χ3n) is 5.33. The molecule has 124 valence electrons. The predicted molar refractivity (Wildman–Crippen MR) is 87.6 cm³/mol. The zero-order valence-corrected chi connectivity index (χ0v) is 13.4. The average molecular weight is 318 g/mol. The van der Waals surface area contributed by atoms with Crippen LogP contribution in [0.4, 0.5) is 4.39 Å². The van der Waals surface area contributed by atoms with Crippen LogP contribution >= 0.6 is 0 Å². The van der Waals surface area contributed by atoms with Crippen LogP contribution in [0.5, 0.6) is 0 Å². The number of nitrogens with zero attached hydrogens (tertiary/aromatic N) is 1. The molecule has 0 saturated carbocycles. The van der Waals surface area contributed by atoms with Gasteiger partial charge in [-0.3, -0.25) is 4.79 Å².